The number of hydrogen-bond acceptors (Lipinski definition) is 4. The van der Waals surface area contributed by atoms with Crippen LogP contribution in [0.15, 0.2) is 29.2 Å². The number of hydrogen-bond donors (Lipinski definition) is 3. The van der Waals surface area contributed by atoms with Crippen LogP contribution in [0.4, 0.5) is 5.69 Å². The smallest absolute Gasteiger partial charge is 0.238 e. The molecule has 0 bridgehead atoms. The highest BCUT2D eigenvalue weighted by Gasteiger charge is 2.12. The minimum atomic E-state index is -3.64. The molecule has 0 aromatic heterocycles. The van der Waals surface area contributed by atoms with E-state index in [-0.39, 0.29) is 4.90 Å². The van der Waals surface area contributed by atoms with Gasteiger partial charge in [-0.2, -0.15) is 0 Å². The minimum absolute atomic E-state index is 0.0707. The van der Waals surface area contributed by atoms with Gasteiger partial charge >= 0.3 is 0 Å². The predicted molar refractivity (Wildman–Crippen MR) is 62.6 cm³/mol. The SMILES string of the molecule is CC(C)(O)CNc1ccc(S(N)(=O)=O)cc1. The molecule has 4 N–H and O–H groups in total. The van der Waals surface area contributed by atoms with Crippen LogP contribution in [-0.4, -0.2) is 25.7 Å². The van der Waals surface area contributed by atoms with Crippen molar-refractivity contribution in [3.05, 3.63) is 24.3 Å². The molecule has 0 aliphatic rings. The van der Waals surface area contributed by atoms with Crippen molar-refractivity contribution in [2.45, 2.75) is 24.3 Å². The molecule has 0 saturated heterocycles. The molecule has 0 aliphatic carbocycles. The Morgan fingerprint density at radius 3 is 2.19 bits per heavy atom. The van der Waals surface area contributed by atoms with Crippen LogP contribution in [0.3, 0.4) is 0 Å². The van der Waals surface area contributed by atoms with Crippen LogP contribution in [0.25, 0.3) is 0 Å². The second kappa shape index (κ2) is 4.40. The van der Waals surface area contributed by atoms with E-state index in [4.69, 9.17) is 5.14 Å². The first-order valence-electron chi connectivity index (χ1n) is 4.78. The molecule has 0 unspecified atom stereocenters. The number of nitrogens with one attached hydrogen (secondary N) is 1. The van der Waals surface area contributed by atoms with Gasteiger partial charge in [-0.25, -0.2) is 13.6 Å². The van der Waals surface area contributed by atoms with Crippen molar-refractivity contribution in [3.8, 4) is 0 Å². The van der Waals surface area contributed by atoms with Crippen LogP contribution in [0.1, 0.15) is 13.8 Å². The number of primary sulfonamides is 1. The third kappa shape index (κ3) is 4.18. The summed E-state index contributed by atoms with van der Waals surface area (Å²) in [6.07, 6.45) is 0. The summed E-state index contributed by atoms with van der Waals surface area (Å²) in [5.74, 6) is 0. The summed E-state index contributed by atoms with van der Waals surface area (Å²) >= 11 is 0. The fourth-order valence-electron chi connectivity index (χ4n) is 1.08. The summed E-state index contributed by atoms with van der Waals surface area (Å²) in [5, 5.41) is 17.4. The van der Waals surface area contributed by atoms with E-state index in [1.54, 1.807) is 26.0 Å². The Bertz CT molecular complexity index is 446. The topological polar surface area (TPSA) is 92.4 Å². The van der Waals surface area contributed by atoms with Crippen LogP contribution in [0.5, 0.6) is 0 Å². The normalized spacial score (nSPS) is 12.5. The van der Waals surface area contributed by atoms with Gasteiger partial charge in [-0.3, -0.25) is 0 Å². The first kappa shape index (κ1) is 13.0. The van der Waals surface area contributed by atoms with Crippen molar-refractivity contribution >= 4 is 15.7 Å². The first-order valence-corrected chi connectivity index (χ1v) is 6.32. The summed E-state index contributed by atoms with van der Waals surface area (Å²) in [6, 6.07) is 6.04. The first-order chi connectivity index (χ1) is 7.18. The predicted octanol–water partition coefficient (Wildman–Crippen LogP) is 0.517. The van der Waals surface area contributed by atoms with Crippen LogP contribution >= 0.6 is 0 Å². The number of anilines is 1. The molecule has 16 heavy (non-hydrogen) atoms. The molecule has 0 heterocycles. The zero-order valence-corrected chi connectivity index (χ0v) is 10.1. The third-order valence-corrected chi connectivity index (χ3v) is 2.84. The van der Waals surface area contributed by atoms with Crippen molar-refractivity contribution in [3.63, 3.8) is 0 Å². The summed E-state index contributed by atoms with van der Waals surface area (Å²) in [6.45, 7) is 3.74. The summed E-state index contributed by atoms with van der Waals surface area (Å²) in [7, 11) is -3.64. The monoisotopic (exact) mass is 244 g/mol. The molecule has 1 rings (SSSR count). The molecule has 6 heteroatoms. The maximum Gasteiger partial charge on any atom is 0.238 e. The number of aliphatic hydroxyl groups is 1. The quantitative estimate of drug-likeness (QED) is 0.719. The summed E-state index contributed by atoms with van der Waals surface area (Å²) in [4.78, 5) is 0.0707. The third-order valence-electron chi connectivity index (χ3n) is 1.91. The van der Waals surface area contributed by atoms with Gasteiger partial charge in [0.1, 0.15) is 0 Å². The van der Waals surface area contributed by atoms with Gasteiger partial charge in [-0.05, 0) is 38.1 Å². The van der Waals surface area contributed by atoms with Crippen LogP contribution in [0.2, 0.25) is 0 Å². The van der Waals surface area contributed by atoms with Gasteiger partial charge in [-0.1, -0.05) is 0 Å². The molecular formula is C10H16N2O3S. The molecule has 0 radical (unpaired) electrons. The fourth-order valence-corrected chi connectivity index (χ4v) is 1.60. The number of nitrogens with two attached hydrogens (primary N) is 1. The van der Waals surface area contributed by atoms with Gasteiger partial charge in [0.15, 0.2) is 0 Å². The van der Waals surface area contributed by atoms with Crippen LogP contribution < -0.4 is 10.5 Å². The lowest BCUT2D eigenvalue weighted by atomic mass is 10.1. The zero-order valence-electron chi connectivity index (χ0n) is 9.27. The molecule has 90 valence electrons. The largest absolute Gasteiger partial charge is 0.389 e. The van der Waals surface area contributed by atoms with E-state index in [1.165, 1.54) is 12.1 Å². The molecule has 0 saturated carbocycles. The molecule has 0 fully saturated rings. The molecule has 0 aliphatic heterocycles. The highest BCUT2D eigenvalue weighted by Crippen LogP contribution is 2.13. The summed E-state index contributed by atoms with van der Waals surface area (Å²) in [5.41, 5.74) is -0.0898. The number of sulfonamides is 1. The minimum Gasteiger partial charge on any atom is -0.389 e. The molecule has 0 atom stereocenters. The Balaban J connectivity index is 2.73. The molecule has 0 amide bonds. The van der Waals surface area contributed by atoms with Crippen LogP contribution in [-0.2, 0) is 10.0 Å². The van der Waals surface area contributed by atoms with E-state index in [1.807, 2.05) is 0 Å². The van der Waals surface area contributed by atoms with Gasteiger partial charge in [0, 0.05) is 12.2 Å². The van der Waals surface area contributed by atoms with Crippen molar-refractivity contribution in [1.29, 1.82) is 0 Å². The van der Waals surface area contributed by atoms with Gasteiger partial charge in [-0.15, -0.1) is 0 Å². The highest BCUT2D eigenvalue weighted by atomic mass is 32.2. The van der Waals surface area contributed by atoms with Gasteiger partial charge in [0.05, 0.1) is 10.5 Å². The van der Waals surface area contributed by atoms with Crippen molar-refractivity contribution < 1.29 is 13.5 Å². The second-order valence-corrected chi connectivity index (χ2v) is 5.80. The maximum atomic E-state index is 11.0. The lowest BCUT2D eigenvalue weighted by molar-refractivity contribution is 0.0945. The molecule has 1 aromatic rings. The molecular weight excluding hydrogens is 228 g/mol. The molecule has 5 nitrogen and oxygen atoms in total. The summed E-state index contributed by atoms with van der Waals surface area (Å²) < 4.78 is 22.0. The van der Waals surface area contributed by atoms with Crippen molar-refractivity contribution in [2.24, 2.45) is 5.14 Å². The fraction of sp³-hybridized carbons (Fsp3) is 0.400. The van der Waals surface area contributed by atoms with Crippen molar-refractivity contribution in [1.82, 2.24) is 0 Å². The van der Waals surface area contributed by atoms with E-state index >= 15 is 0 Å². The van der Waals surface area contributed by atoms with Gasteiger partial charge in [0.2, 0.25) is 10.0 Å². The zero-order chi connectivity index (χ0) is 12.4. The van der Waals surface area contributed by atoms with E-state index in [0.29, 0.717) is 6.54 Å². The Labute approximate surface area is 95.3 Å². The van der Waals surface area contributed by atoms with Crippen LogP contribution in [0, 0.1) is 0 Å². The average Bonchev–Trinajstić information content (AvgIpc) is 2.13. The lowest BCUT2D eigenvalue weighted by Crippen LogP contribution is -2.29. The molecule has 1 aromatic carbocycles. The highest BCUT2D eigenvalue weighted by molar-refractivity contribution is 7.89. The van der Waals surface area contributed by atoms with Crippen molar-refractivity contribution in [2.75, 3.05) is 11.9 Å². The van der Waals surface area contributed by atoms with E-state index < -0.39 is 15.6 Å². The van der Waals surface area contributed by atoms with E-state index in [0.717, 1.165) is 5.69 Å². The number of benzene rings is 1. The van der Waals surface area contributed by atoms with Gasteiger partial charge in [0.25, 0.3) is 0 Å². The van der Waals surface area contributed by atoms with Gasteiger partial charge < -0.3 is 10.4 Å². The Hall–Kier alpha value is -1.11. The second-order valence-electron chi connectivity index (χ2n) is 4.24. The Morgan fingerprint density at radius 1 is 1.31 bits per heavy atom. The van der Waals surface area contributed by atoms with E-state index in [2.05, 4.69) is 5.32 Å². The Morgan fingerprint density at radius 2 is 1.81 bits per heavy atom. The number of rotatable bonds is 4. The average molecular weight is 244 g/mol. The Kier molecular flexibility index (Phi) is 3.57. The lowest BCUT2D eigenvalue weighted by Gasteiger charge is -2.18. The van der Waals surface area contributed by atoms with E-state index in [9.17, 15) is 13.5 Å². The molecule has 0 spiro atoms. The maximum absolute atomic E-state index is 11.0. The standard InChI is InChI=1S/C10H16N2O3S/c1-10(2,13)7-12-8-3-5-9(6-4-8)16(11,14)15/h3-6,12-13H,7H2,1-2H3,(H2,11,14,15).